The third-order valence-corrected chi connectivity index (χ3v) is 7.93. The molecular weight excluding hydrogens is 422 g/mol. The zero-order valence-corrected chi connectivity index (χ0v) is 18.2. The van der Waals surface area contributed by atoms with E-state index in [0.29, 0.717) is 36.9 Å². The SMILES string of the molecule is Cc1ccc2c(c1)[C@]1(C(=O)N2)[C@@H]2C(=O)N(c3ccc4c(c3)OCCO4)C(=O)[C@H]2[C@@H]2CCCN21. The monoisotopic (exact) mass is 445 g/mol. The second-order valence-electron chi connectivity index (χ2n) is 9.52. The number of nitrogens with zero attached hydrogens (tertiary/aromatic N) is 2. The Labute approximate surface area is 190 Å². The molecule has 1 spiro atoms. The van der Waals surface area contributed by atoms with Gasteiger partial charge >= 0.3 is 0 Å². The summed E-state index contributed by atoms with van der Waals surface area (Å²) in [5, 5.41) is 3.01. The molecule has 0 aliphatic carbocycles. The van der Waals surface area contributed by atoms with Gasteiger partial charge in [-0.05, 0) is 44.5 Å². The topological polar surface area (TPSA) is 88.2 Å². The number of benzene rings is 2. The lowest BCUT2D eigenvalue weighted by molar-refractivity contribution is -0.135. The van der Waals surface area contributed by atoms with Crippen LogP contribution >= 0.6 is 0 Å². The molecule has 0 radical (unpaired) electrons. The van der Waals surface area contributed by atoms with E-state index in [-0.39, 0.29) is 23.8 Å². The summed E-state index contributed by atoms with van der Waals surface area (Å²) in [4.78, 5) is 44.9. The third-order valence-electron chi connectivity index (χ3n) is 7.93. The standard InChI is InChI=1S/C25H23N3O5/c1-13-4-6-16-15(11-13)25(24(31)26-16)21-20(17-3-2-8-27(17)25)22(29)28(23(21)30)14-5-7-18-19(12-14)33-10-9-32-18/h4-7,11-12,17,20-21H,2-3,8-10H2,1H3,(H,26,31)/t17-,20-,21-,25+/m0/s1. The molecule has 0 bridgehead atoms. The first kappa shape index (κ1) is 19.1. The van der Waals surface area contributed by atoms with E-state index in [1.807, 2.05) is 25.1 Å². The summed E-state index contributed by atoms with van der Waals surface area (Å²) in [6.07, 6.45) is 1.70. The summed E-state index contributed by atoms with van der Waals surface area (Å²) in [6, 6.07) is 10.9. The van der Waals surface area contributed by atoms with E-state index in [0.717, 1.165) is 29.7 Å². The molecule has 33 heavy (non-hydrogen) atoms. The Morgan fingerprint density at radius 1 is 1.00 bits per heavy atom. The lowest BCUT2D eigenvalue weighted by Gasteiger charge is -2.36. The Balaban J connectivity index is 1.39. The number of carbonyl (C=O) groups is 3. The minimum absolute atomic E-state index is 0.133. The lowest BCUT2D eigenvalue weighted by atomic mass is 9.75. The quantitative estimate of drug-likeness (QED) is 0.677. The van der Waals surface area contributed by atoms with Crippen molar-refractivity contribution in [2.24, 2.45) is 11.8 Å². The molecule has 2 aromatic carbocycles. The number of carbonyl (C=O) groups excluding carboxylic acids is 3. The van der Waals surface area contributed by atoms with Gasteiger partial charge in [-0.1, -0.05) is 17.7 Å². The van der Waals surface area contributed by atoms with Crippen LogP contribution in [0.25, 0.3) is 0 Å². The zero-order chi connectivity index (χ0) is 22.5. The van der Waals surface area contributed by atoms with Gasteiger partial charge in [-0.25, -0.2) is 4.90 Å². The smallest absolute Gasteiger partial charge is 0.250 e. The van der Waals surface area contributed by atoms with Crippen LogP contribution in [0.1, 0.15) is 24.0 Å². The number of amides is 3. The second kappa shape index (κ2) is 6.35. The van der Waals surface area contributed by atoms with Crippen molar-refractivity contribution in [2.75, 3.05) is 30.0 Å². The molecule has 0 saturated carbocycles. The number of rotatable bonds is 1. The predicted molar refractivity (Wildman–Crippen MR) is 118 cm³/mol. The molecule has 8 heteroatoms. The van der Waals surface area contributed by atoms with E-state index >= 15 is 0 Å². The average molecular weight is 445 g/mol. The molecule has 168 valence electrons. The highest BCUT2D eigenvalue weighted by atomic mass is 16.6. The molecular formula is C25H23N3O5. The highest BCUT2D eigenvalue weighted by Gasteiger charge is 2.74. The molecule has 5 heterocycles. The average Bonchev–Trinajstić information content (AvgIpc) is 3.52. The molecule has 2 aromatic rings. The zero-order valence-electron chi connectivity index (χ0n) is 18.2. The number of hydrogen-bond donors (Lipinski definition) is 1. The largest absolute Gasteiger partial charge is 0.486 e. The normalized spacial score (nSPS) is 31.7. The summed E-state index contributed by atoms with van der Waals surface area (Å²) in [7, 11) is 0. The van der Waals surface area contributed by atoms with Gasteiger partial charge in [-0.15, -0.1) is 0 Å². The van der Waals surface area contributed by atoms with Crippen molar-refractivity contribution < 1.29 is 23.9 Å². The first-order valence-electron chi connectivity index (χ1n) is 11.5. The van der Waals surface area contributed by atoms with Crippen LogP contribution in [0, 0.1) is 18.8 Å². The van der Waals surface area contributed by atoms with Crippen LogP contribution in [-0.4, -0.2) is 48.4 Å². The van der Waals surface area contributed by atoms with Crippen molar-refractivity contribution >= 4 is 29.1 Å². The second-order valence-corrected chi connectivity index (χ2v) is 9.52. The Morgan fingerprint density at radius 2 is 1.82 bits per heavy atom. The van der Waals surface area contributed by atoms with Gasteiger partial charge in [0.2, 0.25) is 17.7 Å². The summed E-state index contributed by atoms with van der Waals surface area (Å²) >= 11 is 0. The van der Waals surface area contributed by atoms with E-state index in [9.17, 15) is 14.4 Å². The maximum atomic E-state index is 14.0. The predicted octanol–water partition coefficient (Wildman–Crippen LogP) is 2.20. The Hall–Kier alpha value is -3.39. The first-order chi connectivity index (χ1) is 16.0. The van der Waals surface area contributed by atoms with Crippen LogP contribution in [0.15, 0.2) is 36.4 Å². The Morgan fingerprint density at radius 3 is 2.67 bits per heavy atom. The van der Waals surface area contributed by atoms with E-state index < -0.39 is 17.4 Å². The molecule has 3 fully saturated rings. The van der Waals surface area contributed by atoms with Crippen molar-refractivity contribution in [1.29, 1.82) is 0 Å². The van der Waals surface area contributed by atoms with Crippen molar-refractivity contribution in [2.45, 2.75) is 31.3 Å². The van der Waals surface area contributed by atoms with Gasteiger partial charge in [-0.3, -0.25) is 19.3 Å². The molecule has 8 nitrogen and oxygen atoms in total. The summed E-state index contributed by atoms with van der Waals surface area (Å²) in [5.74, 6) is -0.940. The minimum Gasteiger partial charge on any atom is -0.486 e. The first-order valence-corrected chi connectivity index (χ1v) is 11.5. The van der Waals surface area contributed by atoms with Gasteiger partial charge in [-0.2, -0.15) is 0 Å². The van der Waals surface area contributed by atoms with Crippen LogP contribution in [0.2, 0.25) is 0 Å². The number of imide groups is 1. The van der Waals surface area contributed by atoms with Gasteiger partial charge in [0.15, 0.2) is 11.5 Å². The van der Waals surface area contributed by atoms with E-state index in [1.54, 1.807) is 18.2 Å². The molecule has 5 aliphatic heterocycles. The van der Waals surface area contributed by atoms with Crippen molar-refractivity contribution in [1.82, 2.24) is 4.90 Å². The van der Waals surface area contributed by atoms with Crippen LogP contribution in [-0.2, 0) is 19.9 Å². The fourth-order valence-electron chi connectivity index (χ4n) is 6.74. The third kappa shape index (κ3) is 2.22. The van der Waals surface area contributed by atoms with Crippen LogP contribution in [0.5, 0.6) is 11.5 Å². The molecule has 0 aromatic heterocycles. The molecule has 3 amide bonds. The van der Waals surface area contributed by atoms with Gasteiger partial charge in [0.05, 0.1) is 17.5 Å². The molecule has 1 N–H and O–H groups in total. The number of anilines is 2. The molecule has 7 rings (SSSR count). The van der Waals surface area contributed by atoms with Gasteiger partial charge in [0, 0.05) is 23.4 Å². The van der Waals surface area contributed by atoms with Crippen LogP contribution in [0.4, 0.5) is 11.4 Å². The highest BCUT2D eigenvalue weighted by molar-refractivity contribution is 6.26. The lowest BCUT2D eigenvalue weighted by Crippen LogP contribution is -2.54. The summed E-state index contributed by atoms with van der Waals surface area (Å²) < 4.78 is 11.3. The van der Waals surface area contributed by atoms with Crippen molar-refractivity contribution in [3.05, 3.63) is 47.5 Å². The molecule has 3 saturated heterocycles. The van der Waals surface area contributed by atoms with Gasteiger partial charge < -0.3 is 14.8 Å². The number of hydrogen-bond acceptors (Lipinski definition) is 6. The van der Waals surface area contributed by atoms with Crippen molar-refractivity contribution in [3.8, 4) is 11.5 Å². The van der Waals surface area contributed by atoms with E-state index in [1.165, 1.54) is 4.90 Å². The fraction of sp³-hybridized carbons (Fsp3) is 0.400. The summed E-state index contributed by atoms with van der Waals surface area (Å²) in [5.41, 5.74) is 1.88. The highest BCUT2D eigenvalue weighted by Crippen LogP contribution is 2.60. The van der Waals surface area contributed by atoms with Gasteiger partial charge in [0.25, 0.3) is 0 Å². The van der Waals surface area contributed by atoms with E-state index in [2.05, 4.69) is 10.2 Å². The molecule has 4 atom stereocenters. The van der Waals surface area contributed by atoms with Crippen LogP contribution < -0.4 is 19.7 Å². The van der Waals surface area contributed by atoms with Gasteiger partial charge in [0.1, 0.15) is 18.8 Å². The van der Waals surface area contributed by atoms with Crippen molar-refractivity contribution in [3.63, 3.8) is 0 Å². The maximum absolute atomic E-state index is 14.0. The fourth-order valence-corrected chi connectivity index (χ4v) is 6.74. The van der Waals surface area contributed by atoms with E-state index in [4.69, 9.17) is 9.47 Å². The summed E-state index contributed by atoms with van der Waals surface area (Å²) in [6.45, 7) is 3.56. The number of ether oxygens (including phenoxy) is 2. The Kier molecular flexibility index (Phi) is 3.68. The number of aryl methyl sites for hydroxylation is 1. The minimum atomic E-state index is -1.15. The number of nitrogens with one attached hydrogen (secondary N) is 1. The molecule has 0 unspecified atom stereocenters. The molecule has 5 aliphatic rings. The Bertz CT molecular complexity index is 1260. The maximum Gasteiger partial charge on any atom is 0.250 e. The number of fused-ring (bicyclic) bond motifs is 8. The van der Waals surface area contributed by atoms with Crippen LogP contribution in [0.3, 0.4) is 0 Å².